The van der Waals surface area contributed by atoms with Gasteiger partial charge in [-0.2, -0.15) is 0 Å². The summed E-state index contributed by atoms with van der Waals surface area (Å²) in [5, 5.41) is 1.26. The Bertz CT molecular complexity index is 837. The summed E-state index contributed by atoms with van der Waals surface area (Å²) >= 11 is 0. The van der Waals surface area contributed by atoms with Crippen LogP contribution in [0.15, 0.2) is 24.3 Å². The Morgan fingerprint density at radius 1 is 1.11 bits per heavy atom. The number of rotatable bonds is 4. The number of para-hydroxylation sites is 1. The molecule has 0 amide bonds. The Hall–Kier alpha value is -1.69. The van der Waals surface area contributed by atoms with E-state index in [0.717, 1.165) is 57.3 Å². The standard InChI is InChI=1S/C22H28N2O3/c25-20-9-5-8-19-22-17(16-6-1-2-7-18(16)24(20)22)11-12-23(19)13-15-27-21-10-3-4-14-26-21/h1-2,6-7,19,21H,3-5,8-15H2. The van der Waals surface area contributed by atoms with Gasteiger partial charge in [-0.15, -0.1) is 0 Å². The van der Waals surface area contributed by atoms with Crippen molar-refractivity contribution in [3.05, 3.63) is 35.5 Å². The van der Waals surface area contributed by atoms with Gasteiger partial charge in [0.1, 0.15) is 0 Å². The molecular weight excluding hydrogens is 340 g/mol. The molecule has 0 N–H and O–H groups in total. The highest BCUT2D eigenvalue weighted by Gasteiger charge is 2.35. The zero-order valence-electron chi connectivity index (χ0n) is 15.9. The van der Waals surface area contributed by atoms with Gasteiger partial charge in [-0.3, -0.25) is 14.3 Å². The molecule has 5 rings (SSSR count). The van der Waals surface area contributed by atoms with E-state index in [0.29, 0.717) is 19.1 Å². The molecule has 1 aromatic carbocycles. The van der Waals surface area contributed by atoms with Gasteiger partial charge in [-0.1, -0.05) is 18.2 Å². The fourth-order valence-corrected chi connectivity index (χ4v) is 5.08. The number of aromatic nitrogens is 1. The summed E-state index contributed by atoms with van der Waals surface area (Å²) in [6, 6.07) is 8.73. The topological polar surface area (TPSA) is 43.7 Å². The number of ether oxygens (including phenoxy) is 2. The van der Waals surface area contributed by atoms with E-state index in [2.05, 4.69) is 23.1 Å². The van der Waals surface area contributed by atoms with Gasteiger partial charge >= 0.3 is 0 Å². The molecule has 1 fully saturated rings. The van der Waals surface area contributed by atoms with Gasteiger partial charge in [0.2, 0.25) is 5.91 Å². The van der Waals surface area contributed by atoms with E-state index in [-0.39, 0.29) is 12.2 Å². The minimum atomic E-state index is -0.0266. The maximum atomic E-state index is 12.8. The highest BCUT2D eigenvalue weighted by Crippen LogP contribution is 2.41. The number of nitrogens with zero attached hydrogens (tertiary/aromatic N) is 2. The molecule has 2 unspecified atom stereocenters. The molecule has 5 nitrogen and oxygen atoms in total. The van der Waals surface area contributed by atoms with Crippen LogP contribution in [0.5, 0.6) is 0 Å². The lowest BCUT2D eigenvalue weighted by atomic mass is 9.94. The number of benzene rings is 1. The molecule has 0 bridgehead atoms. The van der Waals surface area contributed by atoms with Crippen molar-refractivity contribution < 1.29 is 14.3 Å². The molecule has 27 heavy (non-hydrogen) atoms. The van der Waals surface area contributed by atoms with Crippen molar-refractivity contribution in [1.82, 2.24) is 9.47 Å². The van der Waals surface area contributed by atoms with E-state index in [1.165, 1.54) is 23.1 Å². The Labute approximate surface area is 160 Å². The van der Waals surface area contributed by atoms with Crippen molar-refractivity contribution in [3.63, 3.8) is 0 Å². The first-order chi connectivity index (χ1) is 13.3. The molecule has 0 aliphatic carbocycles. The van der Waals surface area contributed by atoms with Gasteiger partial charge in [-0.25, -0.2) is 0 Å². The maximum Gasteiger partial charge on any atom is 0.231 e. The van der Waals surface area contributed by atoms with E-state index in [1.54, 1.807) is 0 Å². The van der Waals surface area contributed by atoms with Gasteiger partial charge in [-0.05, 0) is 50.2 Å². The molecule has 5 heteroatoms. The molecule has 0 radical (unpaired) electrons. The molecule has 0 spiro atoms. The second-order valence-corrected chi connectivity index (χ2v) is 7.97. The smallest absolute Gasteiger partial charge is 0.231 e. The normalized spacial score (nSPS) is 26.1. The molecule has 0 saturated carbocycles. The van der Waals surface area contributed by atoms with Crippen LogP contribution >= 0.6 is 0 Å². The van der Waals surface area contributed by atoms with Crippen LogP contribution in [-0.4, -0.2) is 48.0 Å². The quantitative estimate of drug-likeness (QED) is 0.821. The van der Waals surface area contributed by atoms with Gasteiger partial charge < -0.3 is 9.47 Å². The van der Waals surface area contributed by atoms with Crippen molar-refractivity contribution in [2.24, 2.45) is 0 Å². The molecule has 3 aliphatic heterocycles. The minimum Gasteiger partial charge on any atom is -0.353 e. The van der Waals surface area contributed by atoms with Crippen molar-refractivity contribution in [2.75, 3.05) is 26.3 Å². The summed E-state index contributed by atoms with van der Waals surface area (Å²) in [6.07, 6.45) is 6.99. The van der Waals surface area contributed by atoms with E-state index in [1.807, 2.05) is 10.6 Å². The predicted octanol–water partition coefficient (Wildman–Crippen LogP) is 3.91. The average molecular weight is 368 g/mol. The Balaban J connectivity index is 1.40. The van der Waals surface area contributed by atoms with Crippen LogP contribution in [0.3, 0.4) is 0 Å². The SMILES string of the molecule is O=C1CCCC2c3c(c4ccccc4n31)CCN2CCOC1CCCCO1. The van der Waals surface area contributed by atoms with Crippen LogP contribution in [-0.2, 0) is 15.9 Å². The lowest BCUT2D eigenvalue weighted by molar-refractivity contribution is -0.165. The average Bonchev–Trinajstić information content (AvgIpc) is 2.94. The molecule has 4 heterocycles. The molecule has 2 aromatic rings. The number of hydrogen-bond donors (Lipinski definition) is 0. The largest absolute Gasteiger partial charge is 0.353 e. The van der Waals surface area contributed by atoms with Crippen LogP contribution < -0.4 is 0 Å². The fraction of sp³-hybridized carbons (Fsp3) is 0.591. The number of carbonyl (C=O) groups excluding carboxylic acids is 1. The summed E-state index contributed by atoms with van der Waals surface area (Å²) in [6.45, 7) is 3.46. The maximum absolute atomic E-state index is 12.8. The zero-order chi connectivity index (χ0) is 18.2. The fourth-order valence-electron chi connectivity index (χ4n) is 5.08. The molecular formula is C22H28N2O3. The Morgan fingerprint density at radius 2 is 2.04 bits per heavy atom. The second kappa shape index (κ2) is 7.38. The van der Waals surface area contributed by atoms with Gasteiger partial charge in [0.05, 0.1) is 18.2 Å². The second-order valence-electron chi connectivity index (χ2n) is 7.97. The van der Waals surface area contributed by atoms with E-state index >= 15 is 0 Å². The Kier molecular flexibility index (Phi) is 4.76. The third kappa shape index (κ3) is 3.12. The first-order valence-corrected chi connectivity index (χ1v) is 10.5. The van der Waals surface area contributed by atoms with Crippen LogP contribution in [0.4, 0.5) is 0 Å². The highest BCUT2D eigenvalue weighted by molar-refractivity contribution is 5.96. The lowest BCUT2D eigenvalue weighted by Crippen LogP contribution is -2.39. The molecule has 2 atom stereocenters. The zero-order valence-corrected chi connectivity index (χ0v) is 15.9. The third-order valence-corrected chi connectivity index (χ3v) is 6.36. The highest BCUT2D eigenvalue weighted by atomic mass is 16.7. The summed E-state index contributed by atoms with van der Waals surface area (Å²) in [5.74, 6) is 0.253. The first kappa shape index (κ1) is 17.4. The number of fused-ring (bicyclic) bond motifs is 3. The molecule has 3 aliphatic rings. The summed E-state index contributed by atoms with van der Waals surface area (Å²) < 4.78 is 13.7. The van der Waals surface area contributed by atoms with E-state index < -0.39 is 0 Å². The monoisotopic (exact) mass is 368 g/mol. The lowest BCUT2D eigenvalue weighted by Gasteiger charge is -2.36. The van der Waals surface area contributed by atoms with E-state index in [9.17, 15) is 4.79 Å². The minimum absolute atomic E-state index is 0.0266. The third-order valence-electron chi connectivity index (χ3n) is 6.36. The molecule has 144 valence electrons. The van der Waals surface area contributed by atoms with Crippen LogP contribution in [0.1, 0.15) is 60.6 Å². The molecule has 1 aromatic heterocycles. The molecule has 1 saturated heterocycles. The predicted molar refractivity (Wildman–Crippen MR) is 104 cm³/mol. The van der Waals surface area contributed by atoms with Crippen molar-refractivity contribution in [3.8, 4) is 0 Å². The number of carbonyl (C=O) groups is 1. The van der Waals surface area contributed by atoms with Crippen molar-refractivity contribution in [1.29, 1.82) is 0 Å². The summed E-state index contributed by atoms with van der Waals surface area (Å²) in [4.78, 5) is 15.4. The van der Waals surface area contributed by atoms with Crippen molar-refractivity contribution in [2.45, 2.75) is 57.3 Å². The first-order valence-electron chi connectivity index (χ1n) is 10.5. The van der Waals surface area contributed by atoms with Gasteiger partial charge in [0.15, 0.2) is 6.29 Å². The Morgan fingerprint density at radius 3 is 2.93 bits per heavy atom. The summed E-state index contributed by atoms with van der Waals surface area (Å²) in [7, 11) is 0. The number of hydrogen-bond acceptors (Lipinski definition) is 4. The van der Waals surface area contributed by atoms with Crippen molar-refractivity contribution >= 4 is 16.8 Å². The van der Waals surface area contributed by atoms with Crippen LogP contribution in [0, 0.1) is 0 Å². The summed E-state index contributed by atoms with van der Waals surface area (Å²) in [5.41, 5.74) is 3.73. The van der Waals surface area contributed by atoms with Crippen LogP contribution in [0.25, 0.3) is 10.9 Å². The van der Waals surface area contributed by atoms with Gasteiger partial charge in [0.25, 0.3) is 0 Å². The van der Waals surface area contributed by atoms with Crippen LogP contribution in [0.2, 0.25) is 0 Å². The van der Waals surface area contributed by atoms with E-state index in [4.69, 9.17) is 9.47 Å². The van der Waals surface area contributed by atoms with Gasteiger partial charge in [0, 0.05) is 37.2 Å².